The Morgan fingerprint density at radius 3 is 2.54 bits per heavy atom. The number of hydrogen-bond donors (Lipinski definition) is 2. The van der Waals surface area contributed by atoms with E-state index in [4.69, 9.17) is 4.74 Å². The van der Waals surface area contributed by atoms with Crippen LogP contribution >= 0.6 is 0 Å². The second kappa shape index (κ2) is 6.15. The van der Waals surface area contributed by atoms with Crippen LogP contribution < -0.4 is 10.4 Å². The smallest absolute Gasteiger partial charge is 0.107 e. The molecule has 3 nitrogen and oxygen atoms in total. The second-order valence-corrected chi connectivity index (χ2v) is 8.37. The van der Waals surface area contributed by atoms with Crippen LogP contribution in [0.2, 0.25) is 0 Å². The first-order valence-corrected chi connectivity index (χ1v) is 10.4. The maximum absolute atomic E-state index is 10.2. The standard InChI is InChI=1S/C25H24O3/c26-13-23-21(27)12-22(28-23)15-10-11-20-18-7-2-5-14-4-1-6-17(24(14)18)19-9-3-8-16(15)25(19)20/h1,3-6,8-9,21-23,26-27H,2,7,10-13H2. The van der Waals surface area contributed by atoms with Crippen LogP contribution in [0.4, 0.5) is 0 Å². The van der Waals surface area contributed by atoms with Gasteiger partial charge in [0.05, 0.1) is 18.8 Å². The quantitative estimate of drug-likeness (QED) is 0.679. The minimum Gasteiger partial charge on any atom is -0.394 e. The van der Waals surface area contributed by atoms with Gasteiger partial charge in [0.15, 0.2) is 0 Å². The number of fused-ring (bicyclic) bond motifs is 2. The SMILES string of the molecule is OCC1OC(C2=c3cccc4c3c(c3c5c(cccc54)=CCC3)CC2)CC1O. The molecule has 142 valence electrons. The molecule has 0 bridgehead atoms. The summed E-state index contributed by atoms with van der Waals surface area (Å²) < 4.78 is 6.04. The highest BCUT2D eigenvalue weighted by molar-refractivity contribution is 6.12. The normalized spacial score (nSPS) is 26.1. The molecule has 3 aromatic carbocycles. The van der Waals surface area contributed by atoms with E-state index in [-0.39, 0.29) is 12.7 Å². The molecule has 3 atom stereocenters. The zero-order valence-electron chi connectivity index (χ0n) is 15.8. The van der Waals surface area contributed by atoms with Crippen molar-refractivity contribution in [3.05, 3.63) is 58.0 Å². The predicted octanol–water partition coefficient (Wildman–Crippen LogP) is 2.33. The average Bonchev–Trinajstić information content (AvgIpc) is 3.12. The first-order chi connectivity index (χ1) is 13.8. The Morgan fingerprint density at radius 2 is 1.71 bits per heavy atom. The van der Waals surface area contributed by atoms with Gasteiger partial charge < -0.3 is 14.9 Å². The van der Waals surface area contributed by atoms with Crippen molar-refractivity contribution in [1.82, 2.24) is 0 Å². The number of aliphatic hydroxyl groups is 2. The van der Waals surface area contributed by atoms with Gasteiger partial charge in [-0.1, -0.05) is 42.5 Å². The van der Waals surface area contributed by atoms with Gasteiger partial charge in [0.1, 0.15) is 6.10 Å². The summed E-state index contributed by atoms with van der Waals surface area (Å²) in [5.41, 5.74) is 4.34. The lowest BCUT2D eigenvalue weighted by atomic mass is 9.79. The highest BCUT2D eigenvalue weighted by atomic mass is 16.5. The highest BCUT2D eigenvalue weighted by Gasteiger charge is 2.36. The van der Waals surface area contributed by atoms with Crippen molar-refractivity contribution in [2.75, 3.05) is 6.61 Å². The van der Waals surface area contributed by atoms with E-state index in [1.807, 2.05) is 0 Å². The number of ether oxygens (including phenoxy) is 1. The second-order valence-electron chi connectivity index (χ2n) is 8.37. The van der Waals surface area contributed by atoms with Crippen molar-refractivity contribution < 1.29 is 14.9 Å². The first kappa shape index (κ1) is 16.7. The average molecular weight is 372 g/mol. The molecule has 0 aromatic heterocycles. The molecule has 6 rings (SSSR count). The molecule has 0 saturated carbocycles. The Bertz CT molecular complexity index is 1240. The zero-order valence-corrected chi connectivity index (χ0v) is 15.8. The fraction of sp³-hybridized carbons (Fsp3) is 0.360. The van der Waals surface area contributed by atoms with Crippen LogP contribution in [-0.4, -0.2) is 35.1 Å². The Labute approximate surface area is 163 Å². The van der Waals surface area contributed by atoms with Crippen LogP contribution in [0.1, 0.15) is 30.4 Å². The molecule has 28 heavy (non-hydrogen) atoms. The van der Waals surface area contributed by atoms with E-state index in [0.717, 1.165) is 25.7 Å². The van der Waals surface area contributed by atoms with Gasteiger partial charge in [-0.05, 0) is 74.4 Å². The third-order valence-electron chi connectivity index (χ3n) is 6.96. The van der Waals surface area contributed by atoms with Crippen molar-refractivity contribution in [1.29, 1.82) is 0 Å². The van der Waals surface area contributed by atoms with Gasteiger partial charge >= 0.3 is 0 Å². The third-order valence-corrected chi connectivity index (χ3v) is 6.96. The molecule has 1 heterocycles. The van der Waals surface area contributed by atoms with Crippen LogP contribution in [0.25, 0.3) is 33.2 Å². The molecule has 3 heteroatoms. The maximum atomic E-state index is 10.2. The largest absolute Gasteiger partial charge is 0.394 e. The molecule has 0 amide bonds. The molecule has 1 fully saturated rings. The Kier molecular flexibility index (Phi) is 3.67. The summed E-state index contributed by atoms with van der Waals surface area (Å²) in [4.78, 5) is 0. The molecule has 2 N–H and O–H groups in total. The van der Waals surface area contributed by atoms with Gasteiger partial charge in [-0.25, -0.2) is 0 Å². The van der Waals surface area contributed by atoms with Crippen molar-refractivity contribution in [3.8, 4) is 0 Å². The molecule has 1 aliphatic heterocycles. The van der Waals surface area contributed by atoms with Crippen LogP contribution in [0, 0.1) is 0 Å². The molecule has 3 aliphatic rings. The zero-order chi connectivity index (χ0) is 18.8. The van der Waals surface area contributed by atoms with E-state index in [1.165, 1.54) is 48.7 Å². The summed E-state index contributed by atoms with van der Waals surface area (Å²) >= 11 is 0. The molecule has 3 aromatic rings. The van der Waals surface area contributed by atoms with Gasteiger partial charge in [-0.2, -0.15) is 0 Å². The first-order valence-electron chi connectivity index (χ1n) is 10.4. The van der Waals surface area contributed by atoms with Crippen molar-refractivity contribution in [2.24, 2.45) is 0 Å². The predicted molar refractivity (Wildman–Crippen MR) is 112 cm³/mol. The van der Waals surface area contributed by atoms with Crippen LogP contribution in [0.5, 0.6) is 0 Å². The molecular formula is C25H24O3. The van der Waals surface area contributed by atoms with E-state index >= 15 is 0 Å². The lowest BCUT2D eigenvalue weighted by Crippen LogP contribution is -2.26. The van der Waals surface area contributed by atoms with Crippen LogP contribution in [-0.2, 0) is 17.6 Å². The molecule has 1 saturated heterocycles. The van der Waals surface area contributed by atoms with E-state index in [9.17, 15) is 10.2 Å². The van der Waals surface area contributed by atoms with E-state index < -0.39 is 12.2 Å². The van der Waals surface area contributed by atoms with Crippen molar-refractivity contribution in [3.63, 3.8) is 0 Å². The number of rotatable bonds is 2. The molecule has 0 spiro atoms. The van der Waals surface area contributed by atoms with Crippen LogP contribution in [0.3, 0.4) is 0 Å². The van der Waals surface area contributed by atoms with Crippen LogP contribution in [0.15, 0.2) is 36.4 Å². The lowest BCUT2D eigenvalue weighted by molar-refractivity contribution is -0.00934. The van der Waals surface area contributed by atoms with E-state index in [1.54, 1.807) is 0 Å². The fourth-order valence-electron chi connectivity index (χ4n) is 5.74. The van der Waals surface area contributed by atoms with Crippen molar-refractivity contribution in [2.45, 2.75) is 50.4 Å². The fourth-order valence-corrected chi connectivity index (χ4v) is 5.74. The van der Waals surface area contributed by atoms with Gasteiger partial charge in [-0.3, -0.25) is 0 Å². The third kappa shape index (κ3) is 2.21. The lowest BCUT2D eigenvalue weighted by Gasteiger charge is -2.26. The Hall–Kier alpha value is -2.20. The molecule has 0 radical (unpaired) electrons. The maximum Gasteiger partial charge on any atom is 0.107 e. The van der Waals surface area contributed by atoms with Gasteiger partial charge in [0.25, 0.3) is 0 Å². The Balaban J connectivity index is 1.70. The number of aryl methyl sites for hydroxylation is 2. The summed E-state index contributed by atoms with van der Waals surface area (Å²) in [6.45, 7) is -0.125. The number of aliphatic hydroxyl groups excluding tert-OH is 2. The minimum atomic E-state index is -0.584. The minimum absolute atomic E-state index is 0.0994. The summed E-state index contributed by atoms with van der Waals surface area (Å²) in [6.07, 6.45) is 6.03. The molecule has 2 aliphatic carbocycles. The summed E-state index contributed by atoms with van der Waals surface area (Å²) in [5, 5.41) is 27.9. The summed E-state index contributed by atoms with van der Waals surface area (Å²) in [5.74, 6) is 0. The summed E-state index contributed by atoms with van der Waals surface area (Å²) in [6, 6.07) is 13.3. The van der Waals surface area contributed by atoms with Gasteiger partial charge in [0.2, 0.25) is 0 Å². The van der Waals surface area contributed by atoms with Gasteiger partial charge in [-0.15, -0.1) is 0 Å². The Morgan fingerprint density at radius 1 is 0.929 bits per heavy atom. The topological polar surface area (TPSA) is 49.7 Å². The highest BCUT2D eigenvalue weighted by Crippen LogP contribution is 2.37. The monoisotopic (exact) mass is 372 g/mol. The van der Waals surface area contributed by atoms with E-state index in [2.05, 4.69) is 42.5 Å². The summed E-state index contributed by atoms with van der Waals surface area (Å²) in [7, 11) is 0. The van der Waals surface area contributed by atoms with Gasteiger partial charge in [0, 0.05) is 6.42 Å². The molecular weight excluding hydrogens is 348 g/mol. The number of hydrogen-bond acceptors (Lipinski definition) is 3. The van der Waals surface area contributed by atoms with Crippen molar-refractivity contribution >= 4 is 33.2 Å². The number of benzene rings is 3. The molecule has 3 unspecified atom stereocenters. The van der Waals surface area contributed by atoms with E-state index in [0.29, 0.717) is 6.42 Å².